The van der Waals surface area contributed by atoms with Crippen LogP contribution in [0.4, 0.5) is 5.69 Å². The molecule has 0 amide bonds. The Morgan fingerprint density at radius 1 is 1.24 bits per heavy atom. The highest BCUT2D eigenvalue weighted by molar-refractivity contribution is 9.10. The van der Waals surface area contributed by atoms with Crippen molar-refractivity contribution < 1.29 is 0 Å². The van der Waals surface area contributed by atoms with E-state index in [4.69, 9.17) is 0 Å². The van der Waals surface area contributed by atoms with E-state index in [2.05, 4.69) is 51.4 Å². The third kappa shape index (κ3) is 3.30. The van der Waals surface area contributed by atoms with Crippen LogP contribution in [0, 0.1) is 6.92 Å². The second-order valence-corrected chi connectivity index (χ2v) is 5.91. The van der Waals surface area contributed by atoms with Crippen molar-refractivity contribution in [2.75, 3.05) is 5.32 Å². The molecular formula is C13H15BrN2S. The van der Waals surface area contributed by atoms with Crippen molar-refractivity contribution >= 4 is 33.0 Å². The molecular weight excluding hydrogens is 296 g/mol. The molecule has 0 radical (unpaired) electrons. The number of rotatable bonds is 4. The number of aryl methyl sites for hydroxylation is 2. The first-order valence-corrected chi connectivity index (χ1v) is 7.24. The SMILES string of the molecule is CCc1ccc(CNc2ccc(Br)nc2C)s1. The maximum absolute atomic E-state index is 4.36. The first-order chi connectivity index (χ1) is 8.19. The molecule has 2 aromatic rings. The summed E-state index contributed by atoms with van der Waals surface area (Å²) in [7, 11) is 0. The maximum atomic E-state index is 4.36. The molecule has 2 heterocycles. The summed E-state index contributed by atoms with van der Waals surface area (Å²) < 4.78 is 0.880. The van der Waals surface area contributed by atoms with Crippen molar-refractivity contribution in [1.29, 1.82) is 0 Å². The lowest BCUT2D eigenvalue weighted by Gasteiger charge is -2.07. The normalized spacial score (nSPS) is 10.5. The van der Waals surface area contributed by atoms with E-state index >= 15 is 0 Å². The Kier molecular flexibility index (Phi) is 4.18. The molecule has 0 unspecified atom stereocenters. The Hall–Kier alpha value is -0.870. The highest BCUT2D eigenvalue weighted by Gasteiger charge is 2.02. The molecule has 0 spiro atoms. The molecule has 0 fully saturated rings. The molecule has 0 aromatic carbocycles. The summed E-state index contributed by atoms with van der Waals surface area (Å²) in [6.07, 6.45) is 1.11. The predicted octanol–water partition coefficient (Wildman–Crippen LogP) is 4.39. The van der Waals surface area contributed by atoms with Crippen molar-refractivity contribution in [3.8, 4) is 0 Å². The van der Waals surface area contributed by atoms with Crippen LogP contribution in [-0.4, -0.2) is 4.98 Å². The van der Waals surface area contributed by atoms with Gasteiger partial charge in [-0.1, -0.05) is 6.92 Å². The van der Waals surface area contributed by atoms with Crippen molar-refractivity contribution in [2.45, 2.75) is 26.8 Å². The van der Waals surface area contributed by atoms with Crippen molar-refractivity contribution in [3.63, 3.8) is 0 Å². The number of aromatic nitrogens is 1. The Bertz CT molecular complexity index is 508. The van der Waals surface area contributed by atoms with Crippen LogP contribution >= 0.6 is 27.3 Å². The summed E-state index contributed by atoms with van der Waals surface area (Å²) in [5.41, 5.74) is 2.12. The third-order valence-corrected chi connectivity index (χ3v) is 4.24. The average molecular weight is 311 g/mol. The lowest BCUT2D eigenvalue weighted by molar-refractivity contribution is 1.11. The van der Waals surface area contributed by atoms with Gasteiger partial charge in [0.2, 0.25) is 0 Å². The Labute approximate surface area is 114 Å². The number of nitrogens with one attached hydrogen (secondary N) is 1. The number of hydrogen-bond donors (Lipinski definition) is 1. The zero-order valence-electron chi connectivity index (χ0n) is 9.96. The highest BCUT2D eigenvalue weighted by Crippen LogP contribution is 2.20. The molecule has 90 valence electrons. The molecule has 2 nitrogen and oxygen atoms in total. The highest BCUT2D eigenvalue weighted by atomic mass is 79.9. The molecule has 2 rings (SSSR count). The topological polar surface area (TPSA) is 24.9 Å². The monoisotopic (exact) mass is 310 g/mol. The summed E-state index contributed by atoms with van der Waals surface area (Å²) in [5.74, 6) is 0. The molecule has 1 N–H and O–H groups in total. The smallest absolute Gasteiger partial charge is 0.106 e. The van der Waals surface area contributed by atoms with Crippen molar-refractivity contribution in [2.24, 2.45) is 0 Å². The molecule has 0 atom stereocenters. The van der Waals surface area contributed by atoms with E-state index in [-0.39, 0.29) is 0 Å². The Balaban J connectivity index is 2.02. The Morgan fingerprint density at radius 2 is 2.00 bits per heavy atom. The number of nitrogens with zero attached hydrogens (tertiary/aromatic N) is 1. The van der Waals surface area contributed by atoms with Crippen LogP contribution < -0.4 is 5.32 Å². The second kappa shape index (κ2) is 5.65. The number of pyridine rings is 1. The molecule has 0 aliphatic carbocycles. The van der Waals surface area contributed by atoms with Gasteiger partial charge >= 0.3 is 0 Å². The van der Waals surface area contributed by atoms with Gasteiger partial charge < -0.3 is 5.32 Å². The molecule has 2 aromatic heterocycles. The molecule has 0 aliphatic heterocycles. The predicted molar refractivity (Wildman–Crippen MR) is 77.7 cm³/mol. The van der Waals surface area contributed by atoms with Crippen LogP contribution in [0.25, 0.3) is 0 Å². The quantitative estimate of drug-likeness (QED) is 0.847. The number of anilines is 1. The van der Waals surface area contributed by atoms with E-state index in [1.54, 1.807) is 0 Å². The van der Waals surface area contributed by atoms with E-state index in [0.29, 0.717) is 0 Å². The van der Waals surface area contributed by atoms with Crippen LogP contribution in [0.5, 0.6) is 0 Å². The number of hydrogen-bond acceptors (Lipinski definition) is 3. The molecule has 0 aliphatic rings. The van der Waals surface area contributed by atoms with E-state index in [9.17, 15) is 0 Å². The first-order valence-electron chi connectivity index (χ1n) is 5.63. The van der Waals surface area contributed by atoms with Gasteiger partial charge in [-0.3, -0.25) is 0 Å². The standard InChI is InChI=1S/C13H15BrN2S/c1-3-10-4-5-11(17-10)8-15-12-6-7-13(14)16-9(12)2/h4-7,15H,3,8H2,1-2H3. The van der Waals surface area contributed by atoms with E-state index in [1.165, 1.54) is 9.75 Å². The lowest BCUT2D eigenvalue weighted by Crippen LogP contribution is -2.00. The van der Waals surface area contributed by atoms with Crippen LogP contribution in [0.3, 0.4) is 0 Å². The zero-order valence-corrected chi connectivity index (χ0v) is 12.4. The van der Waals surface area contributed by atoms with Crippen LogP contribution in [0.2, 0.25) is 0 Å². The van der Waals surface area contributed by atoms with E-state index in [1.807, 2.05) is 24.3 Å². The van der Waals surface area contributed by atoms with Gasteiger partial charge in [-0.15, -0.1) is 11.3 Å². The fourth-order valence-electron chi connectivity index (χ4n) is 1.61. The lowest BCUT2D eigenvalue weighted by atomic mass is 10.3. The molecule has 0 saturated heterocycles. The van der Waals surface area contributed by atoms with Gasteiger partial charge in [0, 0.05) is 16.3 Å². The van der Waals surface area contributed by atoms with Gasteiger partial charge in [0.05, 0.1) is 11.4 Å². The molecule has 0 bridgehead atoms. The third-order valence-electron chi connectivity index (χ3n) is 2.57. The summed E-state index contributed by atoms with van der Waals surface area (Å²) >= 11 is 5.24. The molecule has 4 heteroatoms. The van der Waals surface area contributed by atoms with Crippen LogP contribution in [-0.2, 0) is 13.0 Å². The van der Waals surface area contributed by atoms with Gasteiger partial charge in [-0.05, 0) is 53.5 Å². The largest absolute Gasteiger partial charge is 0.379 e. The van der Waals surface area contributed by atoms with Gasteiger partial charge in [0.25, 0.3) is 0 Å². The minimum atomic E-state index is 0.870. The summed E-state index contributed by atoms with van der Waals surface area (Å²) in [4.78, 5) is 7.17. The maximum Gasteiger partial charge on any atom is 0.106 e. The number of thiophene rings is 1. The zero-order chi connectivity index (χ0) is 12.3. The van der Waals surface area contributed by atoms with Gasteiger partial charge in [-0.2, -0.15) is 0 Å². The minimum Gasteiger partial charge on any atom is -0.379 e. The first kappa shape index (κ1) is 12.6. The molecule has 17 heavy (non-hydrogen) atoms. The van der Waals surface area contributed by atoms with Crippen molar-refractivity contribution in [3.05, 3.63) is 44.3 Å². The second-order valence-electron chi connectivity index (χ2n) is 3.84. The van der Waals surface area contributed by atoms with Crippen molar-refractivity contribution in [1.82, 2.24) is 4.98 Å². The van der Waals surface area contributed by atoms with Gasteiger partial charge in [0.1, 0.15) is 4.60 Å². The van der Waals surface area contributed by atoms with Gasteiger partial charge in [-0.25, -0.2) is 4.98 Å². The van der Waals surface area contributed by atoms with Crippen LogP contribution in [0.15, 0.2) is 28.9 Å². The van der Waals surface area contributed by atoms with E-state index < -0.39 is 0 Å². The van der Waals surface area contributed by atoms with E-state index in [0.717, 1.165) is 29.0 Å². The fourth-order valence-corrected chi connectivity index (χ4v) is 2.90. The minimum absolute atomic E-state index is 0.870. The summed E-state index contributed by atoms with van der Waals surface area (Å²) in [6, 6.07) is 8.41. The average Bonchev–Trinajstić information content (AvgIpc) is 2.76. The Morgan fingerprint density at radius 3 is 2.65 bits per heavy atom. The van der Waals surface area contributed by atoms with Crippen LogP contribution in [0.1, 0.15) is 22.4 Å². The fraction of sp³-hybridized carbons (Fsp3) is 0.308. The van der Waals surface area contributed by atoms with Gasteiger partial charge in [0.15, 0.2) is 0 Å². The summed E-state index contributed by atoms with van der Waals surface area (Å²) in [6.45, 7) is 5.07. The summed E-state index contributed by atoms with van der Waals surface area (Å²) in [5, 5.41) is 3.42. The number of halogens is 1. The molecule has 0 saturated carbocycles.